The number of halogens is 6. The van der Waals surface area contributed by atoms with Gasteiger partial charge in [0.2, 0.25) is 0 Å². The summed E-state index contributed by atoms with van der Waals surface area (Å²) in [6.45, 7) is 0. The molecule has 132 valence electrons. The average molecular weight is 373 g/mol. The van der Waals surface area contributed by atoms with E-state index in [1.165, 1.54) is 19.3 Å². The smallest absolute Gasteiger partial charge is 0.264 e. The fourth-order valence-electron chi connectivity index (χ4n) is 1.75. The molecule has 5 nitrogen and oxygen atoms in total. The minimum absolute atomic E-state index is 0.124. The van der Waals surface area contributed by atoms with Gasteiger partial charge in [-0.1, -0.05) is 0 Å². The van der Waals surface area contributed by atoms with Crippen molar-refractivity contribution in [1.82, 2.24) is 9.78 Å². The molecule has 2 rings (SSSR count). The second kappa shape index (κ2) is 5.69. The highest BCUT2D eigenvalue weighted by atomic mass is 32.2. The minimum Gasteiger partial charge on any atom is -0.264 e. The molecule has 0 atom stereocenters. The van der Waals surface area contributed by atoms with Gasteiger partial charge in [0.25, 0.3) is 10.0 Å². The third kappa shape index (κ3) is 3.80. The third-order valence-electron chi connectivity index (χ3n) is 2.93. The molecule has 0 radical (unpaired) electrons. The van der Waals surface area contributed by atoms with Gasteiger partial charge in [0.1, 0.15) is 5.82 Å². The van der Waals surface area contributed by atoms with Gasteiger partial charge in [-0.25, -0.2) is 8.42 Å². The van der Waals surface area contributed by atoms with E-state index in [2.05, 4.69) is 5.10 Å². The Morgan fingerprint density at radius 1 is 1.00 bits per heavy atom. The van der Waals surface area contributed by atoms with Crippen molar-refractivity contribution in [3.8, 4) is 0 Å². The number of aryl methyl sites for hydroxylation is 1. The van der Waals surface area contributed by atoms with Crippen LogP contribution in [0.1, 0.15) is 11.1 Å². The van der Waals surface area contributed by atoms with Crippen molar-refractivity contribution >= 4 is 15.8 Å². The standard InChI is InChI=1S/C12H9F6N3O2S/c1-21-10(2-3-19-21)20-24(22,23)9-5-7(11(13,14)15)4-8(6-9)12(16,17)18/h2-6,20H,1H3. The molecule has 0 unspecified atom stereocenters. The summed E-state index contributed by atoms with van der Waals surface area (Å²) < 4.78 is 104. The van der Waals surface area contributed by atoms with Gasteiger partial charge < -0.3 is 0 Å². The van der Waals surface area contributed by atoms with E-state index < -0.39 is 38.4 Å². The molecular formula is C12H9F6N3O2S. The number of alkyl halides is 6. The lowest BCUT2D eigenvalue weighted by Gasteiger charge is -2.15. The van der Waals surface area contributed by atoms with Crippen molar-refractivity contribution in [2.75, 3.05) is 4.72 Å². The average Bonchev–Trinajstić information content (AvgIpc) is 2.81. The fraction of sp³-hybridized carbons (Fsp3) is 0.250. The molecule has 12 heteroatoms. The monoisotopic (exact) mass is 373 g/mol. The number of anilines is 1. The molecule has 0 bridgehead atoms. The van der Waals surface area contributed by atoms with E-state index in [9.17, 15) is 34.8 Å². The van der Waals surface area contributed by atoms with Crippen molar-refractivity contribution in [2.45, 2.75) is 17.2 Å². The predicted octanol–water partition coefficient (Wildman–Crippen LogP) is 3.26. The number of hydrogen-bond donors (Lipinski definition) is 1. The Labute approximate surface area is 131 Å². The molecule has 1 N–H and O–H groups in total. The van der Waals surface area contributed by atoms with Crippen LogP contribution in [0.3, 0.4) is 0 Å². The Morgan fingerprint density at radius 3 is 1.88 bits per heavy atom. The van der Waals surface area contributed by atoms with Crippen LogP contribution in [0.5, 0.6) is 0 Å². The molecule has 24 heavy (non-hydrogen) atoms. The number of nitrogens with zero attached hydrogens (tertiary/aromatic N) is 2. The summed E-state index contributed by atoms with van der Waals surface area (Å²) in [5, 5.41) is 3.64. The van der Waals surface area contributed by atoms with Crippen LogP contribution in [-0.4, -0.2) is 18.2 Å². The number of hydrogen-bond acceptors (Lipinski definition) is 3. The van der Waals surface area contributed by atoms with Gasteiger partial charge in [-0.2, -0.15) is 31.4 Å². The van der Waals surface area contributed by atoms with Crippen LogP contribution in [0.25, 0.3) is 0 Å². The maximum Gasteiger partial charge on any atom is 0.416 e. The summed E-state index contributed by atoms with van der Waals surface area (Å²) in [4.78, 5) is -1.16. The summed E-state index contributed by atoms with van der Waals surface area (Å²) in [6, 6.07) is 1.31. The minimum atomic E-state index is -5.14. The molecule has 0 spiro atoms. The molecule has 1 heterocycles. The molecule has 0 aliphatic heterocycles. The number of nitrogens with one attached hydrogen (secondary N) is 1. The number of rotatable bonds is 3. The van der Waals surface area contributed by atoms with E-state index in [1.54, 1.807) is 0 Å². The molecule has 0 aliphatic carbocycles. The number of sulfonamides is 1. The first-order valence-corrected chi connectivity index (χ1v) is 7.59. The van der Waals surface area contributed by atoms with Crippen molar-refractivity contribution in [2.24, 2.45) is 7.05 Å². The lowest BCUT2D eigenvalue weighted by atomic mass is 10.1. The van der Waals surface area contributed by atoms with Crippen LogP contribution in [0.15, 0.2) is 35.4 Å². The van der Waals surface area contributed by atoms with Crippen LogP contribution in [0.2, 0.25) is 0 Å². The zero-order valence-corrected chi connectivity index (χ0v) is 12.6. The van der Waals surface area contributed by atoms with E-state index in [1.807, 2.05) is 4.72 Å². The summed E-state index contributed by atoms with van der Waals surface area (Å²) >= 11 is 0. The third-order valence-corrected chi connectivity index (χ3v) is 4.27. The van der Waals surface area contributed by atoms with Crippen molar-refractivity contribution < 1.29 is 34.8 Å². The first-order valence-electron chi connectivity index (χ1n) is 6.11. The lowest BCUT2D eigenvalue weighted by Crippen LogP contribution is -2.18. The highest BCUT2D eigenvalue weighted by molar-refractivity contribution is 7.92. The van der Waals surface area contributed by atoms with Gasteiger partial charge in [-0.05, 0) is 18.2 Å². The molecule has 0 saturated heterocycles. The van der Waals surface area contributed by atoms with Gasteiger partial charge in [0, 0.05) is 13.1 Å². The van der Waals surface area contributed by atoms with Crippen LogP contribution in [0, 0.1) is 0 Å². The highest BCUT2D eigenvalue weighted by Crippen LogP contribution is 2.37. The molecule has 1 aromatic carbocycles. The molecule has 0 amide bonds. The molecular weight excluding hydrogens is 364 g/mol. The van der Waals surface area contributed by atoms with Gasteiger partial charge in [0.05, 0.1) is 22.2 Å². The Hall–Kier alpha value is -2.24. The van der Waals surface area contributed by atoms with Gasteiger partial charge >= 0.3 is 12.4 Å². The van der Waals surface area contributed by atoms with Crippen LogP contribution in [0.4, 0.5) is 32.2 Å². The predicted molar refractivity (Wildman–Crippen MR) is 70.5 cm³/mol. The van der Waals surface area contributed by atoms with E-state index in [0.717, 1.165) is 4.68 Å². The summed E-state index contributed by atoms with van der Waals surface area (Å²) in [6.07, 6.45) is -9.08. The fourth-order valence-corrected chi connectivity index (χ4v) is 2.91. The Kier molecular flexibility index (Phi) is 4.29. The number of aromatic nitrogens is 2. The normalized spacial score (nSPS) is 13.1. The van der Waals surface area contributed by atoms with E-state index in [0.29, 0.717) is 0 Å². The molecule has 0 aliphatic rings. The topological polar surface area (TPSA) is 64.0 Å². The zero-order valence-electron chi connectivity index (χ0n) is 11.8. The SMILES string of the molecule is Cn1nccc1NS(=O)(=O)c1cc(C(F)(F)F)cc(C(F)(F)F)c1. The molecule has 0 fully saturated rings. The maximum absolute atomic E-state index is 12.8. The van der Waals surface area contributed by atoms with Gasteiger partial charge in [0.15, 0.2) is 0 Å². The first kappa shape index (κ1) is 18.1. The van der Waals surface area contributed by atoms with Gasteiger partial charge in [-0.15, -0.1) is 0 Å². The van der Waals surface area contributed by atoms with E-state index >= 15 is 0 Å². The van der Waals surface area contributed by atoms with Crippen LogP contribution in [-0.2, 0) is 29.4 Å². The van der Waals surface area contributed by atoms with Crippen molar-refractivity contribution in [3.05, 3.63) is 41.6 Å². The summed E-state index contributed by atoms with van der Waals surface area (Å²) in [5.74, 6) is -0.124. The Balaban J connectivity index is 2.58. The summed E-state index contributed by atoms with van der Waals surface area (Å²) in [7, 11) is -3.34. The molecule has 0 saturated carbocycles. The molecule has 1 aromatic heterocycles. The largest absolute Gasteiger partial charge is 0.416 e. The van der Waals surface area contributed by atoms with E-state index in [-0.39, 0.29) is 24.0 Å². The quantitative estimate of drug-likeness (QED) is 0.840. The second-order valence-corrected chi connectivity index (χ2v) is 6.37. The van der Waals surface area contributed by atoms with E-state index in [4.69, 9.17) is 0 Å². The summed E-state index contributed by atoms with van der Waals surface area (Å²) in [5.41, 5.74) is -3.44. The highest BCUT2D eigenvalue weighted by Gasteiger charge is 2.38. The first-order chi connectivity index (χ1) is 10.8. The van der Waals surface area contributed by atoms with Crippen LogP contribution >= 0.6 is 0 Å². The maximum atomic E-state index is 12.8. The second-order valence-electron chi connectivity index (χ2n) is 4.69. The Morgan fingerprint density at radius 2 is 1.50 bits per heavy atom. The lowest BCUT2D eigenvalue weighted by molar-refractivity contribution is -0.143. The Bertz CT molecular complexity index is 822. The van der Waals surface area contributed by atoms with Crippen molar-refractivity contribution in [3.63, 3.8) is 0 Å². The van der Waals surface area contributed by atoms with Crippen LogP contribution < -0.4 is 4.72 Å². The zero-order chi connectivity index (χ0) is 18.3. The van der Waals surface area contributed by atoms with Crippen molar-refractivity contribution in [1.29, 1.82) is 0 Å². The van der Waals surface area contributed by atoms with Gasteiger partial charge in [-0.3, -0.25) is 9.40 Å². The molecule has 2 aromatic rings. The number of benzene rings is 1.